The highest BCUT2D eigenvalue weighted by Gasteiger charge is 2.50. The molecule has 0 aromatic carbocycles. The van der Waals surface area contributed by atoms with Gasteiger partial charge in [0, 0.05) is 25.6 Å². The van der Waals surface area contributed by atoms with Crippen LogP contribution in [0, 0.1) is 11.8 Å². The van der Waals surface area contributed by atoms with E-state index in [4.69, 9.17) is 4.74 Å². The Kier molecular flexibility index (Phi) is 4.07. The van der Waals surface area contributed by atoms with Gasteiger partial charge in [0.25, 0.3) is 0 Å². The molecule has 2 aliphatic carbocycles. The maximum atomic E-state index is 12.5. The molecule has 4 rings (SSSR count). The summed E-state index contributed by atoms with van der Waals surface area (Å²) in [7, 11) is 0. The minimum Gasteiger partial charge on any atom is -0.393 e. The second-order valence-electron chi connectivity index (χ2n) is 8.17. The van der Waals surface area contributed by atoms with Crippen molar-refractivity contribution < 1.29 is 19.4 Å². The number of carbonyl (C=O) groups is 2. The van der Waals surface area contributed by atoms with E-state index in [1.54, 1.807) is 0 Å². The number of aliphatic hydroxyl groups is 1. The Morgan fingerprint density at radius 3 is 2.54 bits per heavy atom. The fourth-order valence-electron chi connectivity index (χ4n) is 4.46. The lowest BCUT2D eigenvalue weighted by molar-refractivity contribution is -0.189. The summed E-state index contributed by atoms with van der Waals surface area (Å²) in [6, 6.07) is 0.0853. The van der Waals surface area contributed by atoms with Crippen LogP contribution in [-0.2, 0) is 14.3 Å². The Balaban J connectivity index is 1.38. The van der Waals surface area contributed by atoms with Gasteiger partial charge in [-0.05, 0) is 51.4 Å². The Morgan fingerprint density at radius 1 is 1.29 bits per heavy atom. The molecule has 1 unspecified atom stereocenters. The van der Waals surface area contributed by atoms with Crippen LogP contribution in [0.3, 0.4) is 0 Å². The number of carbonyl (C=O) groups excluding carboxylic acids is 2. The Labute approximate surface area is 143 Å². The van der Waals surface area contributed by atoms with E-state index in [1.165, 1.54) is 12.8 Å². The molecule has 2 saturated carbocycles. The van der Waals surface area contributed by atoms with E-state index in [9.17, 15) is 14.7 Å². The molecule has 24 heavy (non-hydrogen) atoms. The van der Waals surface area contributed by atoms with Crippen LogP contribution < -0.4 is 0 Å². The number of nitrogens with zero attached hydrogens (tertiary/aromatic N) is 2. The molecule has 0 aromatic heterocycles. The SMILES string of the molecule is CC1N(CC2CC2)C(=O)COC12CCN(C(=O)C1CC(O)C1)CC2. The average Bonchev–Trinajstić information content (AvgIpc) is 3.37. The van der Waals surface area contributed by atoms with E-state index in [0.29, 0.717) is 31.8 Å². The highest BCUT2D eigenvalue weighted by Crippen LogP contribution is 2.39. The lowest BCUT2D eigenvalue weighted by atomic mass is 9.79. The molecule has 4 fully saturated rings. The van der Waals surface area contributed by atoms with Gasteiger partial charge in [0.05, 0.1) is 17.7 Å². The summed E-state index contributed by atoms with van der Waals surface area (Å²) >= 11 is 0. The van der Waals surface area contributed by atoms with Crippen molar-refractivity contribution in [3.8, 4) is 0 Å². The number of ether oxygens (including phenoxy) is 1. The van der Waals surface area contributed by atoms with Gasteiger partial charge in [0.2, 0.25) is 11.8 Å². The number of piperidine rings is 1. The van der Waals surface area contributed by atoms with Crippen LogP contribution in [0.15, 0.2) is 0 Å². The first kappa shape index (κ1) is 16.3. The fourth-order valence-corrected chi connectivity index (χ4v) is 4.46. The molecule has 2 heterocycles. The zero-order chi connectivity index (χ0) is 16.9. The van der Waals surface area contributed by atoms with Gasteiger partial charge >= 0.3 is 0 Å². The van der Waals surface area contributed by atoms with Crippen LogP contribution >= 0.6 is 0 Å². The molecule has 6 nitrogen and oxygen atoms in total. The average molecular weight is 336 g/mol. The Morgan fingerprint density at radius 2 is 1.96 bits per heavy atom. The zero-order valence-electron chi connectivity index (χ0n) is 14.4. The van der Waals surface area contributed by atoms with Gasteiger partial charge in [0.1, 0.15) is 6.61 Å². The molecule has 1 N–H and O–H groups in total. The van der Waals surface area contributed by atoms with E-state index in [0.717, 1.165) is 19.4 Å². The van der Waals surface area contributed by atoms with Crippen molar-refractivity contribution in [2.75, 3.05) is 26.2 Å². The molecule has 2 saturated heterocycles. The van der Waals surface area contributed by atoms with Crippen molar-refractivity contribution in [1.82, 2.24) is 9.80 Å². The molecule has 2 amide bonds. The van der Waals surface area contributed by atoms with Crippen molar-refractivity contribution in [2.45, 2.75) is 63.2 Å². The van der Waals surface area contributed by atoms with Crippen LogP contribution in [0.2, 0.25) is 0 Å². The van der Waals surface area contributed by atoms with Crippen LogP contribution in [0.5, 0.6) is 0 Å². The van der Waals surface area contributed by atoms with Gasteiger partial charge in [-0.25, -0.2) is 0 Å². The summed E-state index contributed by atoms with van der Waals surface area (Å²) in [5, 5.41) is 9.40. The second kappa shape index (κ2) is 5.99. The molecule has 1 atom stereocenters. The number of aliphatic hydroxyl groups excluding tert-OH is 1. The minimum absolute atomic E-state index is 0.00619. The molecule has 6 heteroatoms. The summed E-state index contributed by atoms with van der Waals surface area (Å²) in [5.41, 5.74) is -0.293. The van der Waals surface area contributed by atoms with Crippen LogP contribution in [0.4, 0.5) is 0 Å². The van der Waals surface area contributed by atoms with Crippen molar-refractivity contribution in [2.24, 2.45) is 11.8 Å². The van der Waals surface area contributed by atoms with Crippen LogP contribution in [-0.4, -0.2) is 70.7 Å². The maximum Gasteiger partial charge on any atom is 0.248 e. The molecule has 134 valence electrons. The summed E-state index contributed by atoms with van der Waals surface area (Å²) < 4.78 is 6.04. The Hall–Kier alpha value is -1.14. The van der Waals surface area contributed by atoms with Crippen LogP contribution in [0.25, 0.3) is 0 Å². The lowest BCUT2D eigenvalue weighted by Crippen LogP contribution is -2.64. The van der Waals surface area contributed by atoms with Crippen LogP contribution in [0.1, 0.15) is 45.4 Å². The van der Waals surface area contributed by atoms with Gasteiger partial charge in [-0.2, -0.15) is 0 Å². The second-order valence-corrected chi connectivity index (χ2v) is 8.17. The smallest absolute Gasteiger partial charge is 0.248 e. The third kappa shape index (κ3) is 2.84. The topological polar surface area (TPSA) is 70.1 Å². The van der Waals surface area contributed by atoms with Gasteiger partial charge in [0.15, 0.2) is 0 Å². The van der Waals surface area contributed by atoms with Crippen molar-refractivity contribution in [3.63, 3.8) is 0 Å². The largest absolute Gasteiger partial charge is 0.393 e. The molecule has 4 aliphatic rings. The fraction of sp³-hybridized carbons (Fsp3) is 0.889. The van der Waals surface area contributed by atoms with Gasteiger partial charge in [-0.3, -0.25) is 9.59 Å². The first-order valence-electron chi connectivity index (χ1n) is 9.39. The number of amides is 2. The molecule has 0 radical (unpaired) electrons. The van der Waals surface area contributed by atoms with Crippen molar-refractivity contribution in [3.05, 3.63) is 0 Å². The summed E-state index contributed by atoms with van der Waals surface area (Å²) in [5.74, 6) is 0.983. The van der Waals surface area contributed by atoms with Crippen molar-refractivity contribution >= 4 is 11.8 Å². The van der Waals surface area contributed by atoms with E-state index >= 15 is 0 Å². The highest BCUT2D eigenvalue weighted by molar-refractivity contribution is 5.80. The van der Waals surface area contributed by atoms with E-state index in [-0.39, 0.29) is 42.1 Å². The van der Waals surface area contributed by atoms with Gasteiger partial charge in [-0.1, -0.05) is 0 Å². The first-order valence-corrected chi connectivity index (χ1v) is 9.39. The summed E-state index contributed by atoms with van der Waals surface area (Å²) in [6.45, 7) is 4.55. The normalized spacial score (nSPS) is 35.9. The standard InChI is InChI=1S/C18H28N2O4/c1-12-18(24-11-16(22)20(12)10-13-2-3-13)4-6-19(7-5-18)17(23)14-8-15(21)9-14/h12-15,21H,2-11H2,1H3. The lowest BCUT2D eigenvalue weighted by Gasteiger charge is -2.52. The third-order valence-electron chi connectivity index (χ3n) is 6.57. The molecule has 1 spiro atoms. The zero-order valence-corrected chi connectivity index (χ0v) is 14.4. The predicted octanol–water partition coefficient (Wildman–Crippen LogP) is 0.776. The van der Waals surface area contributed by atoms with E-state index in [2.05, 4.69) is 6.92 Å². The number of morpholine rings is 1. The molecule has 0 bridgehead atoms. The number of hydrogen-bond acceptors (Lipinski definition) is 4. The molecule has 0 aromatic rings. The summed E-state index contributed by atoms with van der Waals surface area (Å²) in [6.07, 6.45) is 4.99. The molecular weight excluding hydrogens is 308 g/mol. The highest BCUT2D eigenvalue weighted by atomic mass is 16.5. The van der Waals surface area contributed by atoms with Gasteiger partial charge < -0.3 is 19.6 Å². The minimum atomic E-state index is -0.293. The number of likely N-dealkylation sites (tertiary alicyclic amines) is 1. The monoisotopic (exact) mass is 336 g/mol. The van der Waals surface area contributed by atoms with E-state index in [1.807, 2.05) is 9.80 Å². The molecule has 2 aliphatic heterocycles. The van der Waals surface area contributed by atoms with E-state index < -0.39 is 0 Å². The maximum absolute atomic E-state index is 12.5. The van der Waals surface area contributed by atoms with Gasteiger partial charge in [-0.15, -0.1) is 0 Å². The summed E-state index contributed by atoms with van der Waals surface area (Å²) in [4.78, 5) is 28.7. The number of hydrogen-bond donors (Lipinski definition) is 1. The third-order valence-corrected chi connectivity index (χ3v) is 6.57. The Bertz CT molecular complexity index is 519. The number of rotatable bonds is 3. The first-order chi connectivity index (χ1) is 11.5. The predicted molar refractivity (Wildman–Crippen MR) is 87.1 cm³/mol. The quantitative estimate of drug-likeness (QED) is 0.827. The molecular formula is C18H28N2O4. The van der Waals surface area contributed by atoms with Crippen molar-refractivity contribution in [1.29, 1.82) is 0 Å².